The molecule has 6 heteroatoms. The normalized spacial score (nSPS) is 22.2. The van der Waals surface area contributed by atoms with Crippen molar-refractivity contribution in [1.29, 1.82) is 5.26 Å². The summed E-state index contributed by atoms with van der Waals surface area (Å²) in [4.78, 5) is 13.5. The number of urea groups is 1. The molecule has 20 heavy (non-hydrogen) atoms. The molecule has 106 valence electrons. The lowest BCUT2D eigenvalue weighted by Crippen LogP contribution is -2.47. The standard InChI is InChI=1S/C14H16FN3O2/c1-9-4-5-18(8-13(9)19)14(20)17-11-2-3-12(15)10(6-11)7-16/h2-3,6,9,13,19H,4-5,8H2,1H3,(H,17,20). The van der Waals surface area contributed by atoms with Gasteiger partial charge >= 0.3 is 6.03 Å². The molecule has 2 atom stereocenters. The van der Waals surface area contributed by atoms with Crippen molar-refractivity contribution in [2.75, 3.05) is 18.4 Å². The lowest BCUT2D eigenvalue weighted by atomic mass is 9.96. The summed E-state index contributed by atoms with van der Waals surface area (Å²) >= 11 is 0. The van der Waals surface area contributed by atoms with Gasteiger partial charge in [-0.15, -0.1) is 0 Å². The Kier molecular flexibility index (Phi) is 4.20. The highest BCUT2D eigenvalue weighted by Crippen LogP contribution is 2.19. The Morgan fingerprint density at radius 2 is 2.35 bits per heavy atom. The summed E-state index contributed by atoms with van der Waals surface area (Å²) in [6, 6.07) is 5.19. The van der Waals surface area contributed by atoms with Crippen LogP contribution in [0.4, 0.5) is 14.9 Å². The van der Waals surface area contributed by atoms with Crippen molar-refractivity contribution in [3.05, 3.63) is 29.6 Å². The first-order valence-corrected chi connectivity index (χ1v) is 6.45. The lowest BCUT2D eigenvalue weighted by Gasteiger charge is -2.34. The molecule has 1 aliphatic heterocycles. The highest BCUT2D eigenvalue weighted by Gasteiger charge is 2.27. The van der Waals surface area contributed by atoms with Crippen molar-refractivity contribution in [3.63, 3.8) is 0 Å². The third-order valence-corrected chi connectivity index (χ3v) is 3.54. The number of carbonyl (C=O) groups excluding carboxylic acids is 1. The Morgan fingerprint density at radius 3 is 3.00 bits per heavy atom. The van der Waals surface area contributed by atoms with Gasteiger partial charge in [0.2, 0.25) is 0 Å². The van der Waals surface area contributed by atoms with E-state index in [-0.39, 0.29) is 24.1 Å². The fourth-order valence-electron chi connectivity index (χ4n) is 2.12. The van der Waals surface area contributed by atoms with Gasteiger partial charge in [-0.05, 0) is 30.5 Å². The van der Waals surface area contributed by atoms with Crippen LogP contribution < -0.4 is 5.32 Å². The zero-order valence-corrected chi connectivity index (χ0v) is 11.1. The van der Waals surface area contributed by atoms with Gasteiger partial charge < -0.3 is 15.3 Å². The summed E-state index contributed by atoms with van der Waals surface area (Å²) in [7, 11) is 0. The maximum Gasteiger partial charge on any atom is 0.321 e. The van der Waals surface area contributed by atoms with Crippen LogP contribution in [0.15, 0.2) is 18.2 Å². The van der Waals surface area contributed by atoms with E-state index in [1.165, 1.54) is 17.0 Å². The molecular weight excluding hydrogens is 261 g/mol. The van der Waals surface area contributed by atoms with Crippen molar-refractivity contribution in [1.82, 2.24) is 4.90 Å². The summed E-state index contributed by atoms with van der Waals surface area (Å²) < 4.78 is 13.2. The van der Waals surface area contributed by atoms with E-state index in [4.69, 9.17) is 5.26 Å². The Morgan fingerprint density at radius 1 is 1.60 bits per heavy atom. The smallest absolute Gasteiger partial charge is 0.321 e. The minimum Gasteiger partial charge on any atom is -0.391 e. The van der Waals surface area contributed by atoms with E-state index in [2.05, 4.69) is 5.32 Å². The number of nitriles is 1. The second-order valence-corrected chi connectivity index (χ2v) is 5.02. The molecule has 1 fully saturated rings. The SMILES string of the molecule is CC1CCN(C(=O)Nc2ccc(F)c(C#N)c2)CC1O. The molecule has 0 radical (unpaired) electrons. The quantitative estimate of drug-likeness (QED) is 0.823. The number of nitrogens with one attached hydrogen (secondary N) is 1. The van der Waals surface area contributed by atoms with Gasteiger partial charge in [0.25, 0.3) is 0 Å². The molecule has 1 saturated heterocycles. The van der Waals surface area contributed by atoms with Crippen LogP contribution in [-0.4, -0.2) is 35.2 Å². The Hall–Kier alpha value is -2.13. The van der Waals surface area contributed by atoms with Crippen molar-refractivity contribution >= 4 is 11.7 Å². The number of aliphatic hydroxyl groups is 1. The summed E-state index contributed by atoms with van der Waals surface area (Å²) in [6.07, 6.45) is 0.207. The van der Waals surface area contributed by atoms with Crippen molar-refractivity contribution in [3.8, 4) is 6.07 Å². The zero-order chi connectivity index (χ0) is 14.7. The van der Waals surface area contributed by atoms with E-state index >= 15 is 0 Å². The van der Waals surface area contributed by atoms with E-state index in [9.17, 15) is 14.3 Å². The molecule has 0 saturated carbocycles. The number of hydrogen-bond acceptors (Lipinski definition) is 3. The van der Waals surface area contributed by atoms with Gasteiger partial charge in [0.15, 0.2) is 0 Å². The van der Waals surface area contributed by atoms with Crippen LogP contribution in [0, 0.1) is 23.1 Å². The minimum absolute atomic E-state index is 0.116. The van der Waals surface area contributed by atoms with Gasteiger partial charge in [0.05, 0.1) is 11.7 Å². The number of amides is 2. The number of β-amino-alcohol motifs (C(OH)–C–C–N with tert-alkyl or cyclic N) is 1. The molecule has 2 rings (SSSR count). The molecule has 0 spiro atoms. The molecule has 0 aromatic heterocycles. The summed E-state index contributed by atoms with van der Waals surface area (Å²) in [5.74, 6) is -0.442. The molecule has 0 bridgehead atoms. The zero-order valence-electron chi connectivity index (χ0n) is 11.1. The molecule has 1 aromatic rings. The topological polar surface area (TPSA) is 76.4 Å². The molecule has 0 aliphatic carbocycles. The Bertz CT molecular complexity index is 556. The van der Waals surface area contributed by atoms with Crippen LogP contribution in [0.2, 0.25) is 0 Å². The highest BCUT2D eigenvalue weighted by molar-refractivity contribution is 5.89. The number of carbonyl (C=O) groups is 1. The van der Waals surface area contributed by atoms with Gasteiger partial charge in [-0.1, -0.05) is 6.92 Å². The molecular formula is C14H16FN3O2. The molecule has 2 unspecified atom stereocenters. The summed E-state index contributed by atoms with van der Waals surface area (Å²) in [5, 5.41) is 21.1. The van der Waals surface area contributed by atoms with Gasteiger partial charge in [-0.3, -0.25) is 0 Å². The number of halogens is 1. The highest BCUT2D eigenvalue weighted by atomic mass is 19.1. The van der Waals surface area contributed by atoms with Crippen LogP contribution in [0.5, 0.6) is 0 Å². The Balaban J connectivity index is 2.03. The fraction of sp³-hybridized carbons (Fsp3) is 0.429. The number of aliphatic hydroxyl groups excluding tert-OH is 1. The maximum absolute atomic E-state index is 13.2. The van der Waals surface area contributed by atoms with E-state index in [0.717, 1.165) is 12.5 Å². The lowest BCUT2D eigenvalue weighted by molar-refractivity contribution is 0.0464. The number of anilines is 1. The average Bonchev–Trinajstić information content (AvgIpc) is 2.43. The Labute approximate surface area is 116 Å². The number of rotatable bonds is 1. The van der Waals surface area contributed by atoms with Gasteiger partial charge in [0.1, 0.15) is 11.9 Å². The van der Waals surface area contributed by atoms with E-state index in [1.807, 2.05) is 6.92 Å². The van der Waals surface area contributed by atoms with Crippen LogP contribution in [-0.2, 0) is 0 Å². The van der Waals surface area contributed by atoms with Gasteiger partial charge in [0, 0.05) is 18.8 Å². The fourth-order valence-corrected chi connectivity index (χ4v) is 2.12. The monoisotopic (exact) mass is 277 g/mol. The first-order valence-electron chi connectivity index (χ1n) is 6.45. The molecule has 2 amide bonds. The molecule has 5 nitrogen and oxygen atoms in total. The van der Waals surface area contributed by atoms with Crippen LogP contribution in [0.1, 0.15) is 18.9 Å². The van der Waals surface area contributed by atoms with Crippen molar-refractivity contribution in [2.45, 2.75) is 19.4 Å². The van der Waals surface area contributed by atoms with Crippen molar-refractivity contribution < 1.29 is 14.3 Å². The van der Waals surface area contributed by atoms with Crippen molar-refractivity contribution in [2.24, 2.45) is 5.92 Å². The number of piperidine rings is 1. The van der Waals surface area contributed by atoms with E-state index < -0.39 is 11.9 Å². The number of benzene rings is 1. The third kappa shape index (κ3) is 3.06. The molecule has 1 aliphatic rings. The van der Waals surface area contributed by atoms with Crippen LogP contribution in [0.3, 0.4) is 0 Å². The number of hydrogen-bond donors (Lipinski definition) is 2. The summed E-state index contributed by atoms with van der Waals surface area (Å²) in [5.41, 5.74) is 0.246. The van der Waals surface area contributed by atoms with Crippen LogP contribution >= 0.6 is 0 Å². The third-order valence-electron chi connectivity index (χ3n) is 3.54. The molecule has 1 aromatic carbocycles. The van der Waals surface area contributed by atoms with E-state index in [1.54, 1.807) is 6.07 Å². The van der Waals surface area contributed by atoms with Crippen LogP contribution in [0.25, 0.3) is 0 Å². The van der Waals surface area contributed by atoms with Gasteiger partial charge in [-0.25, -0.2) is 9.18 Å². The molecule has 1 heterocycles. The summed E-state index contributed by atoms with van der Waals surface area (Å²) in [6.45, 7) is 2.79. The number of likely N-dealkylation sites (tertiary alicyclic amines) is 1. The number of nitrogens with zero attached hydrogens (tertiary/aromatic N) is 2. The maximum atomic E-state index is 13.2. The second kappa shape index (κ2) is 5.88. The minimum atomic E-state index is -0.618. The molecule has 2 N–H and O–H groups in total. The first kappa shape index (κ1) is 14.3. The first-order chi connectivity index (χ1) is 9.51. The van der Waals surface area contributed by atoms with E-state index in [0.29, 0.717) is 12.2 Å². The van der Waals surface area contributed by atoms with Gasteiger partial charge in [-0.2, -0.15) is 5.26 Å². The average molecular weight is 277 g/mol. The second-order valence-electron chi connectivity index (χ2n) is 5.02. The predicted octanol–water partition coefficient (Wildman–Crippen LogP) is 1.93. The largest absolute Gasteiger partial charge is 0.391 e. The predicted molar refractivity (Wildman–Crippen MR) is 71.5 cm³/mol.